The lowest BCUT2D eigenvalue weighted by Crippen LogP contribution is -2.34. The first-order valence-corrected chi connectivity index (χ1v) is 6.49. The Morgan fingerprint density at radius 2 is 2.16 bits per heavy atom. The number of hydrogen-bond donors (Lipinski definition) is 2. The topological polar surface area (TPSA) is 81.6 Å². The van der Waals surface area contributed by atoms with E-state index in [2.05, 4.69) is 6.92 Å². The number of methoxy groups -OCH3 is 1. The van der Waals surface area contributed by atoms with Crippen molar-refractivity contribution >= 4 is 11.6 Å². The molecule has 0 fully saturated rings. The lowest BCUT2D eigenvalue weighted by Gasteiger charge is -2.21. The van der Waals surface area contributed by atoms with Crippen molar-refractivity contribution in [1.82, 2.24) is 4.90 Å². The van der Waals surface area contributed by atoms with Crippen molar-refractivity contribution in [1.29, 1.82) is 0 Å². The number of anilines is 1. The first-order valence-electron chi connectivity index (χ1n) is 6.49. The third-order valence-corrected chi connectivity index (χ3v) is 2.91. The molecule has 0 aliphatic rings. The molecule has 0 bridgehead atoms. The molecule has 1 aromatic carbocycles. The van der Waals surface area contributed by atoms with Crippen LogP contribution in [-0.4, -0.2) is 31.0 Å². The molecule has 1 aromatic rings. The number of primary amides is 1. The molecule has 0 heterocycles. The number of rotatable bonds is 8. The highest BCUT2D eigenvalue weighted by molar-refractivity contribution is 5.75. The minimum atomic E-state index is -0.314. The number of nitrogens with zero attached hydrogens (tertiary/aromatic N) is 1. The normalized spacial score (nSPS) is 10.7. The maximum absolute atomic E-state index is 11.1. The SMILES string of the molecule is CCCCN(CC(N)=O)Cc1ccc(N)cc1OC. The van der Waals surface area contributed by atoms with Crippen LogP contribution in [0.2, 0.25) is 0 Å². The van der Waals surface area contributed by atoms with Crippen LogP contribution < -0.4 is 16.2 Å². The van der Waals surface area contributed by atoms with Gasteiger partial charge in [0.2, 0.25) is 5.91 Å². The van der Waals surface area contributed by atoms with Gasteiger partial charge in [-0.05, 0) is 19.0 Å². The molecule has 0 saturated heterocycles. The Morgan fingerprint density at radius 1 is 1.42 bits per heavy atom. The Morgan fingerprint density at radius 3 is 2.74 bits per heavy atom. The van der Waals surface area contributed by atoms with Crippen molar-refractivity contribution in [3.63, 3.8) is 0 Å². The summed E-state index contributed by atoms with van der Waals surface area (Å²) in [5.41, 5.74) is 12.7. The predicted molar refractivity (Wildman–Crippen MR) is 76.8 cm³/mol. The summed E-state index contributed by atoms with van der Waals surface area (Å²) in [4.78, 5) is 13.1. The molecule has 4 N–H and O–H groups in total. The molecule has 0 radical (unpaired) electrons. The summed E-state index contributed by atoms with van der Waals surface area (Å²) in [6, 6.07) is 5.55. The Kier molecular flexibility index (Phi) is 6.15. The van der Waals surface area contributed by atoms with Gasteiger partial charge in [0.1, 0.15) is 5.75 Å². The Labute approximate surface area is 114 Å². The van der Waals surface area contributed by atoms with E-state index in [9.17, 15) is 4.79 Å². The van der Waals surface area contributed by atoms with Crippen LogP contribution in [0.5, 0.6) is 5.75 Å². The number of nitrogens with two attached hydrogens (primary N) is 2. The van der Waals surface area contributed by atoms with Crippen molar-refractivity contribution in [3.05, 3.63) is 23.8 Å². The molecule has 0 aliphatic heterocycles. The highest BCUT2D eigenvalue weighted by atomic mass is 16.5. The van der Waals surface area contributed by atoms with E-state index in [1.807, 2.05) is 17.0 Å². The summed E-state index contributed by atoms with van der Waals surface area (Å²) in [5, 5.41) is 0. The van der Waals surface area contributed by atoms with Crippen molar-refractivity contribution in [2.45, 2.75) is 26.3 Å². The van der Waals surface area contributed by atoms with Gasteiger partial charge in [0.25, 0.3) is 0 Å². The standard InChI is InChI=1S/C14H23N3O2/c1-3-4-7-17(10-14(16)18)9-11-5-6-12(15)8-13(11)19-2/h5-6,8H,3-4,7,9-10,15H2,1-2H3,(H2,16,18). The maximum atomic E-state index is 11.1. The molecule has 0 unspecified atom stereocenters. The Hall–Kier alpha value is -1.75. The van der Waals surface area contributed by atoms with E-state index in [0.717, 1.165) is 30.7 Å². The van der Waals surface area contributed by atoms with Gasteiger partial charge in [-0.15, -0.1) is 0 Å². The molecule has 1 amide bonds. The van der Waals surface area contributed by atoms with E-state index in [0.29, 0.717) is 12.2 Å². The third kappa shape index (κ3) is 5.18. The number of benzene rings is 1. The minimum Gasteiger partial charge on any atom is -0.496 e. The summed E-state index contributed by atoms with van der Waals surface area (Å²) in [6.45, 7) is 3.85. The number of unbranched alkanes of at least 4 members (excludes halogenated alkanes) is 1. The van der Waals surface area contributed by atoms with E-state index in [1.54, 1.807) is 13.2 Å². The van der Waals surface area contributed by atoms with Gasteiger partial charge in [-0.25, -0.2) is 0 Å². The van der Waals surface area contributed by atoms with E-state index >= 15 is 0 Å². The lowest BCUT2D eigenvalue weighted by atomic mass is 10.1. The molecule has 0 saturated carbocycles. The largest absolute Gasteiger partial charge is 0.496 e. The average Bonchev–Trinajstić information content (AvgIpc) is 2.37. The van der Waals surface area contributed by atoms with Gasteiger partial charge in [0.05, 0.1) is 13.7 Å². The quantitative estimate of drug-likeness (QED) is 0.695. The smallest absolute Gasteiger partial charge is 0.231 e. The second-order valence-electron chi connectivity index (χ2n) is 4.60. The van der Waals surface area contributed by atoms with Crippen molar-refractivity contribution < 1.29 is 9.53 Å². The van der Waals surface area contributed by atoms with Crippen LogP contribution >= 0.6 is 0 Å². The number of nitrogen functional groups attached to an aromatic ring is 1. The summed E-state index contributed by atoms with van der Waals surface area (Å²) in [7, 11) is 1.61. The number of ether oxygens (including phenoxy) is 1. The molecule has 1 rings (SSSR count). The first kappa shape index (κ1) is 15.3. The molecule has 5 heteroatoms. The molecule has 5 nitrogen and oxygen atoms in total. The summed E-state index contributed by atoms with van der Waals surface area (Å²) < 4.78 is 5.31. The summed E-state index contributed by atoms with van der Waals surface area (Å²) in [5.74, 6) is 0.427. The molecule has 0 atom stereocenters. The van der Waals surface area contributed by atoms with Crippen LogP contribution in [-0.2, 0) is 11.3 Å². The molecule has 19 heavy (non-hydrogen) atoms. The average molecular weight is 265 g/mol. The van der Waals surface area contributed by atoms with Crippen LogP contribution in [0.3, 0.4) is 0 Å². The highest BCUT2D eigenvalue weighted by Gasteiger charge is 2.12. The van der Waals surface area contributed by atoms with Gasteiger partial charge in [-0.3, -0.25) is 9.69 Å². The Bertz CT molecular complexity index is 421. The van der Waals surface area contributed by atoms with Crippen LogP contribution in [0.25, 0.3) is 0 Å². The predicted octanol–water partition coefficient (Wildman–Crippen LogP) is 1.36. The van der Waals surface area contributed by atoms with Crippen molar-refractivity contribution in [2.75, 3.05) is 25.9 Å². The number of amides is 1. The molecular weight excluding hydrogens is 242 g/mol. The zero-order chi connectivity index (χ0) is 14.3. The molecular formula is C14H23N3O2. The van der Waals surface area contributed by atoms with Gasteiger partial charge < -0.3 is 16.2 Å². The summed E-state index contributed by atoms with van der Waals surface area (Å²) >= 11 is 0. The number of hydrogen-bond acceptors (Lipinski definition) is 4. The highest BCUT2D eigenvalue weighted by Crippen LogP contribution is 2.23. The van der Waals surface area contributed by atoms with Crippen LogP contribution in [0.15, 0.2) is 18.2 Å². The zero-order valence-corrected chi connectivity index (χ0v) is 11.7. The van der Waals surface area contributed by atoms with Crippen molar-refractivity contribution in [3.8, 4) is 5.75 Å². The fraction of sp³-hybridized carbons (Fsp3) is 0.500. The fourth-order valence-corrected chi connectivity index (χ4v) is 1.95. The molecule has 106 valence electrons. The van der Waals surface area contributed by atoms with Gasteiger partial charge in [-0.2, -0.15) is 0 Å². The number of carbonyl (C=O) groups excluding carboxylic acids is 1. The minimum absolute atomic E-state index is 0.257. The van der Waals surface area contributed by atoms with Crippen LogP contribution in [0.4, 0.5) is 5.69 Å². The van der Waals surface area contributed by atoms with E-state index in [1.165, 1.54) is 0 Å². The van der Waals surface area contributed by atoms with E-state index in [-0.39, 0.29) is 12.5 Å². The van der Waals surface area contributed by atoms with Crippen LogP contribution in [0, 0.1) is 0 Å². The monoisotopic (exact) mass is 265 g/mol. The van der Waals surface area contributed by atoms with E-state index < -0.39 is 0 Å². The number of carbonyl (C=O) groups is 1. The first-order chi connectivity index (χ1) is 9.06. The second kappa shape index (κ2) is 7.63. The second-order valence-corrected chi connectivity index (χ2v) is 4.60. The fourth-order valence-electron chi connectivity index (χ4n) is 1.95. The van der Waals surface area contributed by atoms with Gasteiger partial charge >= 0.3 is 0 Å². The molecule has 0 spiro atoms. The molecule has 0 aliphatic carbocycles. The maximum Gasteiger partial charge on any atom is 0.231 e. The Balaban J connectivity index is 2.79. The molecule has 0 aromatic heterocycles. The summed E-state index contributed by atoms with van der Waals surface area (Å²) in [6.07, 6.45) is 2.11. The zero-order valence-electron chi connectivity index (χ0n) is 11.7. The van der Waals surface area contributed by atoms with Gasteiger partial charge in [0.15, 0.2) is 0 Å². The van der Waals surface area contributed by atoms with Gasteiger partial charge in [-0.1, -0.05) is 19.4 Å². The van der Waals surface area contributed by atoms with Gasteiger partial charge in [0, 0.05) is 23.9 Å². The van der Waals surface area contributed by atoms with Crippen LogP contribution in [0.1, 0.15) is 25.3 Å². The lowest BCUT2D eigenvalue weighted by molar-refractivity contribution is -0.119. The third-order valence-electron chi connectivity index (χ3n) is 2.91. The van der Waals surface area contributed by atoms with E-state index in [4.69, 9.17) is 16.2 Å². The van der Waals surface area contributed by atoms with Crippen molar-refractivity contribution in [2.24, 2.45) is 5.73 Å².